The van der Waals surface area contributed by atoms with Crippen LogP contribution in [-0.4, -0.2) is 65.8 Å². The molecule has 0 aliphatic carbocycles. The molecule has 0 aromatic carbocycles. The fourth-order valence-corrected chi connectivity index (χ4v) is 2.49. The van der Waals surface area contributed by atoms with Gasteiger partial charge in [-0.2, -0.15) is 0 Å². The van der Waals surface area contributed by atoms with Crippen LogP contribution < -0.4 is 11.5 Å². The Kier molecular flexibility index (Phi) is 3.26. The lowest BCUT2D eigenvalue weighted by Gasteiger charge is -2.28. The molecule has 0 amide bonds. The minimum atomic E-state index is -1.43. The van der Waals surface area contributed by atoms with Crippen LogP contribution in [-0.2, 0) is 4.74 Å². The largest absolute Gasteiger partial charge is 0.393 e. The van der Waals surface area contributed by atoms with Crippen molar-refractivity contribution in [3.05, 3.63) is 12.7 Å². The normalized spacial score (nSPS) is 28.3. The second kappa shape index (κ2) is 4.86. The van der Waals surface area contributed by atoms with Crippen LogP contribution in [0.2, 0.25) is 0 Å². The molecule has 0 bridgehead atoms. The van der Waals surface area contributed by atoms with Gasteiger partial charge in [-0.1, -0.05) is 0 Å². The van der Waals surface area contributed by atoms with E-state index in [0.29, 0.717) is 11.2 Å². The molecular weight excluding hydrogens is 280 g/mol. The van der Waals surface area contributed by atoms with Gasteiger partial charge in [-0.25, -0.2) is 15.0 Å². The molecule has 1 aliphatic heterocycles. The van der Waals surface area contributed by atoms with E-state index < -0.39 is 37.2 Å². The molecule has 1 aliphatic rings. The van der Waals surface area contributed by atoms with Crippen molar-refractivity contribution in [2.24, 2.45) is 5.73 Å². The number of hydrogen-bond acceptors (Lipinski definition) is 9. The number of fused-ring (bicyclic) bond motifs is 1. The van der Waals surface area contributed by atoms with Gasteiger partial charge in [-0.05, 0) is 0 Å². The number of aromatic nitrogens is 4. The second-order valence-electron chi connectivity index (χ2n) is 4.99. The van der Waals surface area contributed by atoms with E-state index in [-0.39, 0.29) is 5.82 Å². The first-order valence-electron chi connectivity index (χ1n) is 6.30. The number of aliphatic hydroxyl groups is 3. The summed E-state index contributed by atoms with van der Waals surface area (Å²) < 4.78 is 7.06. The summed E-state index contributed by atoms with van der Waals surface area (Å²) in [6, 6.07) is -0.964. The molecule has 2 aromatic heterocycles. The topological polar surface area (TPSA) is 166 Å². The van der Waals surface area contributed by atoms with Crippen molar-refractivity contribution in [1.82, 2.24) is 19.5 Å². The van der Waals surface area contributed by atoms with E-state index in [4.69, 9.17) is 16.2 Å². The van der Waals surface area contributed by atoms with Crippen LogP contribution >= 0.6 is 0 Å². The van der Waals surface area contributed by atoms with Gasteiger partial charge in [0.15, 0.2) is 17.7 Å². The molecule has 0 saturated carbocycles. The summed E-state index contributed by atoms with van der Waals surface area (Å²) in [5, 5.41) is 29.1. The molecule has 10 nitrogen and oxygen atoms in total. The van der Waals surface area contributed by atoms with Crippen LogP contribution in [0.15, 0.2) is 12.7 Å². The summed E-state index contributed by atoms with van der Waals surface area (Å²) in [6.07, 6.45) is 0.556. The Labute approximate surface area is 119 Å². The zero-order valence-corrected chi connectivity index (χ0v) is 11.0. The molecule has 2 aromatic rings. The molecule has 3 atom stereocenters. The number of rotatable bonds is 3. The third-order valence-electron chi connectivity index (χ3n) is 3.82. The third-order valence-corrected chi connectivity index (χ3v) is 3.82. The quantitative estimate of drug-likeness (QED) is 0.406. The Bertz CT molecular complexity index is 657. The van der Waals surface area contributed by atoms with Crippen LogP contribution in [0.5, 0.6) is 0 Å². The molecule has 114 valence electrons. The maximum Gasteiger partial charge on any atom is 0.167 e. The number of nitrogen functional groups attached to an aromatic ring is 1. The van der Waals surface area contributed by atoms with Gasteiger partial charge in [0.2, 0.25) is 0 Å². The molecule has 0 unspecified atom stereocenters. The number of anilines is 1. The van der Waals surface area contributed by atoms with Crippen molar-refractivity contribution in [2.45, 2.75) is 24.0 Å². The Balaban J connectivity index is 2.06. The standard InChI is InChI=1S/C11H16N6O4/c12-7-6(20)10(21-11(7,1-18)2-19)17-4-16-5-8(13)14-3-15-9(5)17/h3-4,6-7,10,18-20H,1-2,12H2,(H2,13,14,15)/t6-,7+,10-/m1/s1. The highest BCUT2D eigenvalue weighted by molar-refractivity contribution is 5.81. The fraction of sp³-hybridized carbons (Fsp3) is 0.545. The molecule has 7 N–H and O–H groups in total. The average molecular weight is 296 g/mol. The van der Waals surface area contributed by atoms with Crippen LogP contribution in [0.3, 0.4) is 0 Å². The summed E-state index contributed by atoms with van der Waals surface area (Å²) in [5.41, 5.74) is 10.9. The maximum atomic E-state index is 10.3. The highest BCUT2D eigenvalue weighted by Crippen LogP contribution is 2.37. The molecule has 1 saturated heterocycles. The lowest BCUT2D eigenvalue weighted by Crippen LogP contribution is -2.54. The lowest BCUT2D eigenvalue weighted by atomic mass is 9.95. The van der Waals surface area contributed by atoms with Gasteiger partial charge in [0.1, 0.15) is 23.5 Å². The van der Waals surface area contributed by atoms with Crippen molar-refractivity contribution in [2.75, 3.05) is 18.9 Å². The molecule has 3 heterocycles. The summed E-state index contributed by atoms with van der Waals surface area (Å²) in [7, 11) is 0. The Morgan fingerprint density at radius 3 is 2.62 bits per heavy atom. The second-order valence-corrected chi connectivity index (χ2v) is 4.99. The van der Waals surface area contributed by atoms with E-state index in [1.807, 2.05) is 0 Å². The van der Waals surface area contributed by atoms with E-state index in [2.05, 4.69) is 15.0 Å². The Hall–Kier alpha value is -1.85. The van der Waals surface area contributed by atoms with Gasteiger partial charge < -0.3 is 31.5 Å². The van der Waals surface area contributed by atoms with Crippen molar-refractivity contribution in [3.63, 3.8) is 0 Å². The number of aliphatic hydroxyl groups excluding tert-OH is 3. The number of hydrogen-bond donors (Lipinski definition) is 5. The molecule has 10 heteroatoms. The molecular formula is C11H16N6O4. The summed E-state index contributed by atoms with van der Waals surface area (Å²) >= 11 is 0. The third kappa shape index (κ3) is 1.88. The molecule has 0 radical (unpaired) electrons. The van der Waals surface area contributed by atoms with Gasteiger partial charge in [-0.3, -0.25) is 4.57 Å². The number of imidazole rings is 1. The van der Waals surface area contributed by atoms with E-state index >= 15 is 0 Å². The van der Waals surface area contributed by atoms with Crippen LogP contribution in [0.1, 0.15) is 6.23 Å². The molecule has 21 heavy (non-hydrogen) atoms. The SMILES string of the molecule is Nc1ncnc2c1ncn2[C@@H]1OC(CO)(CO)[C@@H](N)[C@H]1O. The molecule has 3 rings (SSSR count). The number of ether oxygens (including phenoxy) is 1. The first kappa shape index (κ1) is 14.1. The highest BCUT2D eigenvalue weighted by atomic mass is 16.6. The van der Waals surface area contributed by atoms with Crippen molar-refractivity contribution >= 4 is 17.0 Å². The van der Waals surface area contributed by atoms with Gasteiger partial charge in [0.25, 0.3) is 0 Å². The molecule has 0 spiro atoms. The lowest BCUT2D eigenvalue weighted by molar-refractivity contribution is -0.130. The first-order chi connectivity index (χ1) is 10.0. The predicted octanol–water partition coefficient (Wildman–Crippen LogP) is -2.65. The highest BCUT2D eigenvalue weighted by Gasteiger charge is 2.53. The van der Waals surface area contributed by atoms with Crippen LogP contribution in [0.4, 0.5) is 5.82 Å². The first-order valence-corrected chi connectivity index (χ1v) is 6.30. The van der Waals surface area contributed by atoms with Crippen LogP contribution in [0, 0.1) is 0 Å². The maximum absolute atomic E-state index is 10.3. The number of nitrogens with zero attached hydrogens (tertiary/aromatic N) is 4. The van der Waals surface area contributed by atoms with Crippen molar-refractivity contribution < 1.29 is 20.1 Å². The van der Waals surface area contributed by atoms with E-state index in [1.54, 1.807) is 0 Å². The van der Waals surface area contributed by atoms with E-state index in [9.17, 15) is 15.3 Å². The fourth-order valence-electron chi connectivity index (χ4n) is 2.49. The van der Waals surface area contributed by atoms with Gasteiger partial charge in [-0.15, -0.1) is 0 Å². The smallest absolute Gasteiger partial charge is 0.167 e. The van der Waals surface area contributed by atoms with Crippen molar-refractivity contribution in [3.8, 4) is 0 Å². The molecule has 1 fully saturated rings. The van der Waals surface area contributed by atoms with Gasteiger partial charge in [0.05, 0.1) is 25.6 Å². The van der Waals surface area contributed by atoms with Crippen molar-refractivity contribution in [1.29, 1.82) is 0 Å². The monoisotopic (exact) mass is 296 g/mol. The summed E-state index contributed by atoms with van der Waals surface area (Å²) in [6.45, 7) is -1.05. The number of nitrogens with two attached hydrogens (primary N) is 2. The Morgan fingerprint density at radius 2 is 2.00 bits per heavy atom. The van der Waals surface area contributed by atoms with Gasteiger partial charge >= 0.3 is 0 Å². The summed E-state index contributed by atoms with van der Waals surface area (Å²) in [5.74, 6) is 0.200. The van der Waals surface area contributed by atoms with E-state index in [1.165, 1.54) is 17.2 Å². The average Bonchev–Trinajstić information content (AvgIpc) is 3.02. The van der Waals surface area contributed by atoms with E-state index in [0.717, 1.165) is 0 Å². The zero-order valence-electron chi connectivity index (χ0n) is 11.0. The minimum absolute atomic E-state index is 0.200. The summed E-state index contributed by atoms with van der Waals surface area (Å²) in [4.78, 5) is 12.0. The van der Waals surface area contributed by atoms with Crippen LogP contribution in [0.25, 0.3) is 11.2 Å². The predicted molar refractivity (Wildman–Crippen MR) is 70.7 cm³/mol. The minimum Gasteiger partial charge on any atom is -0.393 e. The van der Waals surface area contributed by atoms with Gasteiger partial charge in [0, 0.05) is 0 Å². The zero-order chi connectivity index (χ0) is 15.2. The Morgan fingerprint density at radius 1 is 1.29 bits per heavy atom.